The number of aromatic nitrogens is 2. The predicted octanol–water partition coefficient (Wildman–Crippen LogP) is 2.88. The van der Waals surface area contributed by atoms with Crippen molar-refractivity contribution in [3.8, 4) is 17.3 Å². The van der Waals surface area contributed by atoms with Gasteiger partial charge in [0.1, 0.15) is 5.82 Å². The Kier molecular flexibility index (Phi) is 3.42. The summed E-state index contributed by atoms with van der Waals surface area (Å²) >= 11 is 0. The number of aryl methyl sites for hydroxylation is 1. The average Bonchev–Trinajstić information content (AvgIpc) is 2.31. The molecule has 2 aromatic rings. The van der Waals surface area contributed by atoms with Crippen LogP contribution >= 0.6 is 0 Å². The second-order valence-corrected chi connectivity index (χ2v) is 5.05. The van der Waals surface area contributed by atoms with Crippen LogP contribution in [0.15, 0.2) is 23.0 Å². The highest BCUT2D eigenvalue weighted by atomic mass is 16.3. The highest BCUT2D eigenvalue weighted by Crippen LogP contribution is 2.25. The van der Waals surface area contributed by atoms with Crippen molar-refractivity contribution in [1.82, 2.24) is 9.97 Å². The molecular formula is C15H18N2O2. The van der Waals surface area contributed by atoms with E-state index in [1.165, 1.54) is 0 Å². The van der Waals surface area contributed by atoms with Crippen molar-refractivity contribution in [2.45, 2.75) is 33.6 Å². The first-order chi connectivity index (χ1) is 8.91. The quantitative estimate of drug-likeness (QED) is 0.870. The Morgan fingerprint density at radius 1 is 1.26 bits per heavy atom. The van der Waals surface area contributed by atoms with Gasteiger partial charge in [-0.25, -0.2) is 0 Å². The van der Waals surface area contributed by atoms with E-state index in [9.17, 15) is 9.90 Å². The highest BCUT2D eigenvalue weighted by molar-refractivity contribution is 5.62. The second kappa shape index (κ2) is 4.88. The Balaban J connectivity index is 2.66. The molecule has 0 fully saturated rings. The summed E-state index contributed by atoms with van der Waals surface area (Å²) < 4.78 is 0. The third-order valence-electron chi connectivity index (χ3n) is 3.37. The van der Waals surface area contributed by atoms with E-state index in [4.69, 9.17) is 0 Å². The number of H-pyrrole nitrogens is 1. The Morgan fingerprint density at radius 3 is 2.53 bits per heavy atom. The lowest BCUT2D eigenvalue weighted by molar-refractivity contribution is 0.440. The van der Waals surface area contributed by atoms with E-state index in [2.05, 4.69) is 9.97 Å². The third kappa shape index (κ3) is 2.38. The fourth-order valence-electron chi connectivity index (χ4n) is 2.13. The van der Waals surface area contributed by atoms with Crippen molar-refractivity contribution in [3.05, 3.63) is 45.2 Å². The summed E-state index contributed by atoms with van der Waals surface area (Å²) in [5.41, 5.74) is 3.05. The maximum absolute atomic E-state index is 12.0. The van der Waals surface area contributed by atoms with E-state index in [1.807, 2.05) is 45.9 Å². The molecule has 2 rings (SSSR count). The van der Waals surface area contributed by atoms with Crippen LogP contribution in [0.25, 0.3) is 11.4 Å². The van der Waals surface area contributed by atoms with E-state index in [0.29, 0.717) is 11.4 Å². The van der Waals surface area contributed by atoms with Crippen LogP contribution in [-0.2, 0) is 0 Å². The Morgan fingerprint density at radius 2 is 1.95 bits per heavy atom. The van der Waals surface area contributed by atoms with Crippen LogP contribution in [0, 0.1) is 13.8 Å². The van der Waals surface area contributed by atoms with Crippen molar-refractivity contribution in [2.24, 2.45) is 0 Å². The van der Waals surface area contributed by atoms with Crippen LogP contribution in [0.2, 0.25) is 0 Å². The van der Waals surface area contributed by atoms with Gasteiger partial charge in [0.15, 0.2) is 0 Å². The van der Waals surface area contributed by atoms with Gasteiger partial charge in [0, 0.05) is 5.56 Å². The zero-order valence-electron chi connectivity index (χ0n) is 11.6. The lowest BCUT2D eigenvalue weighted by Crippen LogP contribution is -2.16. The minimum atomic E-state index is -0.279. The number of rotatable bonds is 2. The van der Waals surface area contributed by atoms with Crippen LogP contribution in [0.4, 0.5) is 0 Å². The Bertz CT molecular complexity index is 672. The van der Waals surface area contributed by atoms with E-state index < -0.39 is 0 Å². The smallest absolute Gasteiger partial charge is 0.258 e. The number of hydrogen-bond acceptors (Lipinski definition) is 3. The number of hydrogen-bond donors (Lipinski definition) is 2. The van der Waals surface area contributed by atoms with Gasteiger partial charge in [0.2, 0.25) is 5.88 Å². The molecule has 0 amide bonds. The zero-order valence-corrected chi connectivity index (χ0v) is 11.6. The van der Waals surface area contributed by atoms with Crippen molar-refractivity contribution < 1.29 is 5.11 Å². The van der Waals surface area contributed by atoms with Gasteiger partial charge in [-0.2, -0.15) is 4.98 Å². The van der Waals surface area contributed by atoms with Crippen LogP contribution < -0.4 is 5.56 Å². The lowest BCUT2D eigenvalue weighted by Gasteiger charge is -2.11. The van der Waals surface area contributed by atoms with E-state index in [0.717, 1.165) is 16.7 Å². The summed E-state index contributed by atoms with van der Waals surface area (Å²) in [6.45, 7) is 7.67. The van der Waals surface area contributed by atoms with Crippen molar-refractivity contribution in [2.75, 3.05) is 0 Å². The molecule has 4 heteroatoms. The maximum atomic E-state index is 12.0. The summed E-state index contributed by atoms with van der Waals surface area (Å²) in [4.78, 5) is 18.9. The summed E-state index contributed by atoms with van der Waals surface area (Å²) in [6, 6.07) is 5.79. The molecular weight excluding hydrogens is 240 g/mol. The van der Waals surface area contributed by atoms with Gasteiger partial charge in [-0.05, 0) is 30.9 Å². The summed E-state index contributed by atoms with van der Waals surface area (Å²) in [5, 5.41) is 9.93. The largest absolute Gasteiger partial charge is 0.493 e. The minimum Gasteiger partial charge on any atom is -0.493 e. The number of aromatic hydroxyl groups is 1. The van der Waals surface area contributed by atoms with Crippen LogP contribution in [0.1, 0.15) is 36.5 Å². The normalized spacial score (nSPS) is 11.0. The first-order valence-electron chi connectivity index (χ1n) is 6.31. The van der Waals surface area contributed by atoms with E-state index in [1.54, 1.807) is 0 Å². The van der Waals surface area contributed by atoms with E-state index in [-0.39, 0.29) is 17.4 Å². The van der Waals surface area contributed by atoms with Gasteiger partial charge in [-0.1, -0.05) is 32.0 Å². The molecule has 0 atom stereocenters. The third-order valence-corrected chi connectivity index (χ3v) is 3.37. The second-order valence-electron chi connectivity index (χ2n) is 5.05. The molecule has 100 valence electrons. The van der Waals surface area contributed by atoms with Crippen molar-refractivity contribution >= 4 is 0 Å². The van der Waals surface area contributed by atoms with Gasteiger partial charge >= 0.3 is 0 Å². The summed E-state index contributed by atoms with van der Waals surface area (Å²) in [7, 11) is 0. The minimum absolute atomic E-state index is 0.0658. The van der Waals surface area contributed by atoms with Gasteiger partial charge in [-0.15, -0.1) is 0 Å². The fraction of sp³-hybridized carbons (Fsp3) is 0.333. The molecule has 0 saturated heterocycles. The molecule has 0 aliphatic heterocycles. The van der Waals surface area contributed by atoms with Gasteiger partial charge < -0.3 is 10.1 Å². The molecule has 1 heterocycles. The molecule has 2 N–H and O–H groups in total. The van der Waals surface area contributed by atoms with Gasteiger partial charge in [0.25, 0.3) is 5.56 Å². The van der Waals surface area contributed by atoms with Crippen molar-refractivity contribution in [1.29, 1.82) is 0 Å². The highest BCUT2D eigenvalue weighted by Gasteiger charge is 2.15. The van der Waals surface area contributed by atoms with Gasteiger partial charge in [0.05, 0.1) is 5.56 Å². The molecule has 0 aliphatic rings. The molecule has 0 aliphatic carbocycles. The van der Waals surface area contributed by atoms with Crippen molar-refractivity contribution in [3.63, 3.8) is 0 Å². The fourth-order valence-corrected chi connectivity index (χ4v) is 2.13. The lowest BCUT2D eigenvalue weighted by atomic mass is 10.0. The van der Waals surface area contributed by atoms with Gasteiger partial charge in [-0.3, -0.25) is 4.79 Å². The molecule has 0 radical (unpaired) electrons. The zero-order chi connectivity index (χ0) is 14.2. The monoisotopic (exact) mass is 258 g/mol. The first kappa shape index (κ1) is 13.3. The topological polar surface area (TPSA) is 66.0 Å². The molecule has 0 bridgehead atoms. The number of aromatic amines is 1. The summed E-state index contributed by atoms with van der Waals surface area (Å²) in [5.74, 6) is 0.159. The van der Waals surface area contributed by atoms with Crippen LogP contribution in [-0.4, -0.2) is 15.1 Å². The molecule has 0 unspecified atom stereocenters. The standard InChI is InChI=1S/C15H18N2O2/c1-8(2)12-14(18)16-13(17-15(12)19)11-7-5-6-9(3)10(11)4/h5-8H,1-4H3,(H2,16,17,18,19). The number of nitrogens with zero attached hydrogens (tertiary/aromatic N) is 1. The maximum Gasteiger partial charge on any atom is 0.258 e. The van der Waals surface area contributed by atoms with Crippen LogP contribution in [0.3, 0.4) is 0 Å². The number of benzene rings is 1. The molecule has 1 aromatic carbocycles. The molecule has 0 saturated carbocycles. The first-order valence-corrected chi connectivity index (χ1v) is 6.31. The number of nitrogens with one attached hydrogen (secondary N) is 1. The Labute approximate surface area is 112 Å². The SMILES string of the molecule is Cc1cccc(-c2nc(O)c(C(C)C)c(=O)[nH]2)c1C. The Hall–Kier alpha value is -2.10. The summed E-state index contributed by atoms with van der Waals surface area (Å²) in [6.07, 6.45) is 0. The van der Waals surface area contributed by atoms with E-state index >= 15 is 0 Å². The average molecular weight is 258 g/mol. The molecule has 0 spiro atoms. The molecule has 1 aromatic heterocycles. The predicted molar refractivity (Wildman–Crippen MR) is 75.5 cm³/mol. The molecule has 4 nitrogen and oxygen atoms in total. The van der Waals surface area contributed by atoms with Crippen LogP contribution in [0.5, 0.6) is 5.88 Å². The molecule has 19 heavy (non-hydrogen) atoms.